The summed E-state index contributed by atoms with van der Waals surface area (Å²) >= 11 is 3.47. The van der Waals surface area contributed by atoms with Crippen molar-refractivity contribution in [3.05, 3.63) is 99.0 Å². The minimum atomic E-state index is -0.314. The topological polar surface area (TPSA) is 35.5 Å². The van der Waals surface area contributed by atoms with Gasteiger partial charge in [-0.2, -0.15) is 0 Å². The van der Waals surface area contributed by atoms with E-state index in [-0.39, 0.29) is 24.0 Å². The van der Waals surface area contributed by atoms with Crippen LogP contribution in [0, 0.1) is 12.7 Å². The molecule has 0 saturated heterocycles. The highest BCUT2D eigenvalue weighted by Gasteiger charge is 2.30. The van der Waals surface area contributed by atoms with Gasteiger partial charge in [0.15, 0.2) is 5.76 Å². The Kier molecular flexibility index (Phi) is 5.01. The first kappa shape index (κ1) is 18.4. The van der Waals surface area contributed by atoms with E-state index in [0.29, 0.717) is 22.6 Å². The third kappa shape index (κ3) is 3.58. The SMILES string of the molecule is Cc1cc(OCc2ccccc2F)cc2c1C(=O)/C(=C/c1ccccc1Br)O2. The van der Waals surface area contributed by atoms with E-state index in [9.17, 15) is 9.18 Å². The van der Waals surface area contributed by atoms with E-state index in [1.165, 1.54) is 6.07 Å². The smallest absolute Gasteiger partial charge is 0.232 e. The predicted octanol–water partition coefficient (Wildman–Crippen LogP) is 6.09. The Morgan fingerprint density at radius 3 is 2.64 bits per heavy atom. The number of Topliss-reactive ketones (excluding diaryl/α,β-unsaturated/α-hetero) is 1. The minimum Gasteiger partial charge on any atom is -0.489 e. The van der Waals surface area contributed by atoms with Crippen LogP contribution in [0.2, 0.25) is 0 Å². The highest BCUT2D eigenvalue weighted by molar-refractivity contribution is 9.10. The number of benzene rings is 3. The normalized spacial score (nSPS) is 14.1. The van der Waals surface area contributed by atoms with Gasteiger partial charge in [0.2, 0.25) is 5.78 Å². The second kappa shape index (κ2) is 7.60. The molecule has 1 aliphatic heterocycles. The molecule has 0 bridgehead atoms. The van der Waals surface area contributed by atoms with Gasteiger partial charge in [0, 0.05) is 16.1 Å². The van der Waals surface area contributed by atoms with E-state index in [1.54, 1.807) is 36.4 Å². The van der Waals surface area contributed by atoms with Crippen LogP contribution in [-0.4, -0.2) is 5.78 Å². The van der Waals surface area contributed by atoms with Crippen LogP contribution in [0.1, 0.15) is 27.0 Å². The first-order valence-electron chi connectivity index (χ1n) is 8.72. The Morgan fingerprint density at radius 2 is 1.86 bits per heavy atom. The zero-order chi connectivity index (χ0) is 19.7. The molecule has 140 valence electrons. The fourth-order valence-electron chi connectivity index (χ4n) is 3.07. The molecular formula is C23H16BrFO3. The van der Waals surface area contributed by atoms with Gasteiger partial charge in [0.25, 0.3) is 0 Å². The molecule has 1 aliphatic rings. The standard InChI is InChI=1S/C23H16BrFO3/c1-14-10-17(27-13-16-7-3-5-9-19(16)25)12-20-22(14)23(26)21(28-20)11-15-6-2-4-8-18(15)24/h2-12H,13H2,1H3/b21-11-. The highest BCUT2D eigenvalue weighted by atomic mass is 79.9. The summed E-state index contributed by atoms with van der Waals surface area (Å²) in [6, 6.07) is 17.5. The van der Waals surface area contributed by atoms with Gasteiger partial charge in [-0.3, -0.25) is 4.79 Å². The number of ketones is 1. The third-order valence-corrected chi connectivity index (χ3v) is 5.21. The van der Waals surface area contributed by atoms with Crippen LogP contribution in [0.15, 0.2) is 70.9 Å². The maximum Gasteiger partial charge on any atom is 0.232 e. The lowest BCUT2D eigenvalue weighted by Gasteiger charge is -2.09. The summed E-state index contributed by atoms with van der Waals surface area (Å²) in [4.78, 5) is 12.8. The van der Waals surface area contributed by atoms with Gasteiger partial charge in [-0.1, -0.05) is 52.3 Å². The van der Waals surface area contributed by atoms with Crippen LogP contribution in [0.5, 0.6) is 11.5 Å². The molecule has 28 heavy (non-hydrogen) atoms. The van der Waals surface area contributed by atoms with Gasteiger partial charge >= 0.3 is 0 Å². The fourth-order valence-corrected chi connectivity index (χ4v) is 3.47. The molecule has 0 atom stereocenters. The number of halogens is 2. The van der Waals surface area contributed by atoms with Gasteiger partial charge in [-0.25, -0.2) is 4.39 Å². The van der Waals surface area contributed by atoms with Crippen molar-refractivity contribution in [3.63, 3.8) is 0 Å². The molecule has 5 heteroatoms. The lowest BCUT2D eigenvalue weighted by atomic mass is 10.0. The van der Waals surface area contributed by atoms with Crippen LogP contribution in [-0.2, 0) is 6.61 Å². The van der Waals surface area contributed by atoms with E-state index in [4.69, 9.17) is 9.47 Å². The highest BCUT2D eigenvalue weighted by Crippen LogP contribution is 2.38. The van der Waals surface area contributed by atoms with Gasteiger partial charge in [-0.05, 0) is 42.3 Å². The first-order chi connectivity index (χ1) is 13.5. The van der Waals surface area contributed by atoms with Crippen LogP contribution in [0.4, 0.5) is 4.39 Å². The van der Waals surface area contributed by atoms with Crippen molar-refractivity contribution in [3.8, 4) is 11.5 Å². The molecule has 3 aromatic carbocycles. The second-order valence-electron chi connectivity index (χ2n) is 6.45. The number of hydrogen-bond donors (Lipinski definition) is 0. The van der Waals surface area contributed by atoms with Crippen LogP contribution in [0.25, 0.3) is 6.08 Å². The Hall–Kier alpha value is -2.92. The molecule has 0 spiro atoms. The van der Waals surface area contributed by atoms with Crippen LogP contribution < -0.4 is 9.47 Å². The fraction of sp³-hybridized carbons (Fsp3) is 0.0870. The summed E-state index contributed by atoms with van der Waals surface area (Å²) in [6.45, 7) is 1.93. The van der Waals surface area contributed by atoms with Crippen LogP contribution >= 0.6 is 15.9 Å². The van der Waals surface area contributed by atoms with E-state index in [2.05, 4.69) is 15.9 Å². The number of allylic oxidation sites excluding steroid dienone is 1. The molecule has 3 aromatic rings. The van der Waals surface area contributed by atoms with E-state index >= 15 is 0 Å². The van der Waals surface area contributed by atoms with Crippen molar-refractivity contribution in [2.75, 3.05) is 0 Å². The van der Waals surface area contributed by atoms with Gasteiger partial charge in [0.1, 0.15) is 23.9 Å². The Labute approximate surface area is 170 Å². The number of carbonyl (C=O) groups excluding carboxylic acids is 1. The first-order valence-corrected chi connectivity index (χ1v) is 9.52. The average Bonchev–Trinajstić information content (AvgIpc) is 2.99. The summed E-state index contributed by atoms with van der Waals surface area (Å²) in [5.74, 6) is 0.756. The predicted molar refractivity (Wildman–Crippen MR) is 109 cm³/mol. The molecule has 0 N–H and O–H groups in total. The van der Waals surface area contributed by atoms with Crippen LogP contribution in [0.3, 0.4) is 0 Å². The van der Waals surface area contributed by atoms with Crippen molar-refractivity contribution in [1.82, 2.24) is 0 Å². The number of hydrogen-bond acceptors (Lipinski definition) is 3. The average molecular weight is 439 g/mol. The Balaban J connectivity index is 1.60. The minimum absolute atomic E-state index is 0.0957. The van der Waals surface area contributed by atoms with Crippen molar-refractivity contribution in [1.29, 1.82) is 0 Å². The number of ether oxygens (including phenoxy) is 2. The molecule has 0 aromatic heterocycles. The zero-order valence-electron chi connectivity index (χ0n) is 15.0. The molecular weight excluding hydrogens is 423 g/mol. The zero-order valence-corrected chi connectivity index (χ0v) is 16.6. The Bertz CT molecular complexity index is 1100. The van der Waals surface area contributed by atoms with E-state index in [0.717, 1.165) is 15.6 Å². The van der Waals surface area contributed by atoms with Crippen molar-refractivity contribution in [2.45, 2.75) is 13.5 Å². The van der Waals surface area contributed by atoms with Crippen molar-refractivity contribution in [2.24, 2.45) is 0 Å². The summed E-state index contributed by atoms with van der Waals surface area (Å²) in [5.41, 5.74) is 2.60. The second-order valence-corrected chi connectivity index (χ2v) is 7.31. The number of aryl methyl sites for hydroxylation is 1. The molecule has 0 amide bonds. The Morgan fingerprint density at radius 1 is 1.11 bits per heavy atom. The summed E-state index contributed by atoms with van der Waals surface area (Å²) < 4.78 is 26.2. The van der Waals surface area contributed by atoms with Gasteiger partial charge in [-0.15, -0.1) is 0 Å². The molecule has 0 unspecified atom stereocenters. The lowest BCUT2D eigenvalue weighted by Crippen LogP contribution is -2.00. The molecule has 0 radical (unpaired) electrons. The van der Waals surface area contributed by atoms with Gasteiger partial charge < -0.3 is 9.47 Å². The van der Waals surface area contributed by atoms with Gasteiger partial charge in [0.05, 0.1) is 5.56 Å². The summed E-state index contributed by atoms with van der Waals surface area (Å²) in [7, 11) is 0. The quantitative estimate of drug-likeness (QED) is 0.462. The largest absolute Gasteiger partial charge is 0.489 e. The summed E-state index contributed by atoms with van der Waals surface area (Å²) in [6.07, 6.45) is 1.71. The molecule has 0 saturated carbocycles. The third-order valence-electron chi connectivity index (χ3n) is 4.49. The monoisotopic (exact) mass is 438 g/mol. The molecule has 4 rings (SSSR count). The molecule has 0 fully saturated rings. The summed E-state index contributed by atoms with van der Waals surface area (Å²) in [5, 5.41) is 0. The van der Waals surface area contributed by atoms with E-state index in [1.807, 2.05) is 31.2 Å². The number of fused-ring (bicyclic) bond motifs is 1. The van der Waals surface area contributed by atoms with Crippen molar-refractivity contribution < 1.29 is 18.7 Å². The number of carbonyl (C=O) groups is 1. The maximum absolute atomic E-state index is 13.8. The molecule has 1 heterocycles. The number of rotatable bonds is 4. The van der Waals surface area contributed by atoms with Crippen molar-refractivity contribution >= 4 is 27.8 Å². The molecule has 3 nitrogen and oxygen atoms in total. The maximum atomic E-state index is 13.8. The lowest BCUT2D eigenvalue weighted by molar-refractivity contribution is 0.101. The molecule has 0 aliphatic carbocycles. The van der Waals surface area contributed by atoms with E-state index < -0.39 is 0 Å².